The molecule has 0 radical (unpaired) electrons. The number of methoxy groups -OCH3 is 1. The molecule has 3 N–H and O–H groups in total. The topological polar surface area (TPSA) is 131 Å². The van der Waals surface area contributed by atoms with Crippen molar-refractivity contribution < 1.29 is 26.4 Å². The maximum Gasteiger partial charge on any atom is 0.262 e. The standard InChI is InChI=1S/C22H23N3O6S2/c1-15-4-13-21(31-2)20(14-15)25-33(29,30)19-11-9-17(10-12-19)23-22(26)16-5-7-18(8-6-16)24-32(3,27)28/h4-14,24-25H,1-3H3,(H,23,26). The van der Waals surface area contributed by atoms with E-state index in [9.17, 15) is 21.6 Å². The first-order valence-electron chi connectivity index (χ1n) is 9.63. The number of ether oxygens (including phenoxy) is 1. The van der Waals surface area contributed by atoms with Crippen molar-refractivity contribution >= 4 is 43.0 Å². The van der Waals surface area contributed by atoms with Gasteiger partial charge in [0.25, 0.3) is 15.9 Å². The first kappa shape index (κ1) is 24.1. The highest BCUT2D eigenvalue weighted by molar-refractivity contribution is 7.92. The average molecular weight is 490 g/mol. The second kappa shape index (κ2) is 9.51. The van der Waals surface area contributed by atoms with Crippen LogP contribution in [0.2, 0.25) is 0 Å². The van der Waals surface area contributed by atoms with Gasteiger partial charge in [0.2, 0.25) is 10.0 Å². The van der Waals surface area contributed by atoms with Crippen LogP contribution in [-0.2, 0) is 20.0 Å². The molecule has 0 aliphatic rings. The van der Waals surface area contributed by atoms with Crippen LogP contribution >= 0.6 is 0 Å². The lowest BCUT2D eigenvalue weighted by Gasteiger charge is -2.13. The number of aryl methyl sites for hydroxylation is 1. The molecule has 33 heavy (non-hydrogen) atoms. The smallest absolute Gasteiger partial charge is 0.262 e. The largest absolute Gasteiger partial charge is 0.495 e. The van der Waals surface area contributed by atoms with E-state index in [-0.39, 0.29) is 4.90 Å². The number of hydrogen-bond donors (Lipinski definition) is 3. The molecule has 0 bridgehead atoms. The zero-order valence-corrected chi connectivity index (χ0v) is 19.7. The predicted octanol–water partition coefficient (Wildman–Crippen LogP) is 3.43. The van der Waals surface area contributed by atoms with Crippen molar-refractivity contribution in [1.29, 1.82) is 0 Å². The van der Waals surface area contributed by atoms with Gasteiger partial charge in [-0.1, -0.05) is 6.07 Å². The summed E-state index contributed by atoms with van der Waals surface area (Å²) in [6.07, 6.45) is 1.03. The van der Waals surface area contributed by atoms with Crippen molar-refractivity contribution in [2.45, 2.75) is 11.8 Å². The first-order valence-corrected chi connectivity index (χ1v) is 13.0. The number of amides is 1. The van der Waals surface area contributed by atoms with Crippen molar-refractivity contribution in [3.05, 3.63) is 77.9 Å². The third-order valence-electron chi connectivity index (χ3n) is 4.47. The minimum absolute atomic E-state index is 0.0141. The van der Waals surface area contributed by atoms with Gasteiger partial charge >= 0.3 is 0 Å². The van der Waals surface area contributed by atoms with Gasteiger partial charge < -0.3 is 10.1 Å². The van der Waals surface area contributed by atoms with Crippen LogP contribution in [-0.4, -0.2) is 36.1 Å². The molecule has 0 atom stereocenters. The number of benzene rings is 3. The third kappa shape index (κ3) is 6.46. The van der Waals surface area contributed by atoms with Gasteiger partial charge in [-0.15, -0.1) is 0 Å². The molecule has 0 spiro atoms. The minimum Gasteiger partial charge on any atom is -0.495 e. The maximum absolute atomic E-state index is 12.8. The average Bonchev–Trinajstić information content (AvgIpc) is 2.73. The lowest BCUT2D eigenvalue weighted by molar-refractivity contribution is 0.102. The van der Waals surface area contributed by atoms with E-state index < -0.39 is 26.0 Å². The SMILES string of the molecule is COc1ccc(C)cc1NS(=O)(=O)c1ccc(NC(=O)c2ccc(NS(C)(=O)=O)cc2)cc1. The van der Waals surface area contributed by atoms with Crippen LogP contribution in [0.3, 0.4) is 0 Å². The number of anilines is 3. The van der Waals surface area contributed by atoms with Crippen molar-refractivity contribution in [2.75, 3.05) is 28.1 Å². The van der Waals surface area contributed by atoms with Crippen LogP contribution in [0.1, 0.15) is 15.9 Å². The lowest BCUT2D eigenvalue weighted by atomic mass is 10.2. The van der Waals surface area contributed by atoms with Crippen LogP contribution in [0.5, 0.6) is 5.75 Å². The van der Waals surface area contributed by atoms with Gasteiger partial charge in [-0.25, -0.2) is 16.8 Å². The number of rotatable bonds is 8. The molecule has 0 unspecified atom stereocenters. The molecule has 11 heteroatoms. The molecule has 0 aromatic heterocycles. The molecular weight excluding hydrogens is 466 g/mol. The second-order valence-electron chi connectivity index (χ2n) is 7.24. The summed E-state index contributed by atoms with van der Waals surface area (Å²) in [7, 11) is -5.84. The predicted molar refractivity (Wildman–Crippen MR) is 128 cm³/mol. The second-order valence-corrected chi connectivity index (χ2v) is 10.7. The number of carbonyl (C=O) groups excluding carboxylic acids is 1. The molecule has 0 fully saturated rings. The van der Waals surface area contributed by atoms with E-state index in [1.807, 2.05) is 13.0 Å². The van der Waals surface area contributed by atoms with Crippen molar-refractivity contribution in [1.82, 2.24) is 0 Å². The normalized spacial score (nSPS) is 11.5. The van der Waals surface area contributed by atoms with Gasteiger partial charge in [0, 0.05) is 16.9 Å². The summed E-state index contributed by atoms with van der Waals surface area (Å²) < 4.78 is 58.1. The fraction of sp³-hybridized carbons (Fsp3) is 0.136. The summed E-state index contributed by atoms with van der Waals surface area (Å²) in [5, 5.41) is 2.67. The maximum atomic E-state index is 12.8. The van der Waals surface area contributed by atoms with E-state index in [1.54, 1.807) is 12.1 Å². The number of hydrogen-bond acceptors (Lipinski definition) is 6. The molecule has 3 aromatic rings. The van der Waals surface area contributed by atoms with E-state index in [1.165, 1.54) is 55.6 Å². The van der Waals surface area contributed by atoms with Crippen LogP contribution < -0.4 is 19.5 Å². The molecule has 0 saturated heterocycles. The Morgan fingerprint density at radius 3 is 2.00 bits per heavy atom. The molecular formula is C22H23N3O6S2. The Kier molecular flexibility index (Phi) is 6.94. The van der Waals surface area contributed by atoms with Crippen LogP contribution in [0.4, 0.5) is 17.1 Å². The summed E-state index contributed by atoms with van der Waals surface area (Å²) in [5.41, 5.74) is 2.22. The first-order chi connectivity index (χ1) is 15.5. The molecule has 1 amide bonds. The molecule has 174 valence electrons. The molecule has 0 aliphatic carbocycles. The number of sulfonamides is 2. The molecule has 9 nitrogen and oxygen atoms in total. The summed E-state index contributed by atoms with van der Waals surface area (Å²) in [5.74, 6) is -0.0371. The summed E-state index contributed by atoms with van der Waals surface area (Å²) >= 11 is 0. The van der Waals surface area contributed by atoms with E-state index in [0.29, 0.717) is 28.4 Å². The Labute approximate surface area is 192 Å². The van der Waals surface area contributed by atoms with Gasteiger partial charge in [-0.3, -0.25) is 14.2 Å². The van der Waals surface area contributed by atoms with Gasteiger partial charge in [-0.2, -0.15) is 0 Å². The van der Waals surface area contributed by atoms with E-state index >= 15 is 0 Å². The van der Waals surface area contributed by atoms with Gasteiger partial charge in [0.1, 0.15) is 5.75 Å². The Morgan fingerprint density at radius 1 is 0.818 bits per heavy atom. The lowest BCUT2D eigenvalue weighted by Crippen LogP contribution is -2.15. The van der Waals surface area contributed by atoms with Crippen LogP contribution in [0, 0.1) is 6.92 Å². The van der Waals surface area contributed by atoms with Crippen LogP contribution in [0.25, 0.3) is 0 Å². The van der Waals surface area contributed by atoms with Crippen molar-refractivity contribution in [3.8, 4) is 5.75 Å². The summed E-state index contributed by atoms with van der Waals surface area (Å²) in [4.78, 5) is 12.5. The minimum atomic E-state index is -3.88. The zero-order chi connectivity index (χ0) is 24.2. The quantitative estimate of drug-likeness (QED) is 0.444. The number of nitrogens with one attached hydrogen (secondary N) is 3. The molecule has 3 rings (SSSR count). The van der Waals surface area contributed by atoms with Crippen molar-refractivity contribution in [3.63, 3.8) is 0 Å². The van der Waals surface area contributed by atoms with Gasteiger partial charge in [-0.05, 0) is 73.2 Å². The Balaban J connectivity index is 1.71. The summed E-state index contributed by atoms with van der Waals surface area (Å²) in [6.45, 7) is 1.84. The molecule has 0 saturated carbocycles. The summed E-state index contributed by atoms with van der Waals surface area (Å²) in [6, 6.07) is 16.7. The Morgan fingerprint density at radius 2 is 1.42 bits per heavy atom. The Bertz CT molecular complexity index is 1370. The van der Waals surface area contributed by atoms with Crippen molar-refractivity contribution in [2.24, 2.45) is 0 Å². The van der Waals surface area contributed by atoms with E-state index in [2.05, 4.69) is 14.8 Å². The number of carbonyl (C=O) groups is 1. The molecule has 0 aliphatic heterocycles. The van der Waals surface area contributed by atoms with Gasteiger partial charge in [0.15, 0.2) is 0 Å². The van der Waals surface area contributed by atoms with Gasteiger partial charge in [0.05, 0.1) is 23.9 Å². The fourth-order valence-corrected chi connectivity index (χ4v) is 4.56. The van der Waals surface area contributed by atoms with E-state index in [4.69, 9.17) is 4.74 Å². The fourth-order valence-electron chi connectivity index (χ4n) is 2.93. The zero-order valence-electron chi connectivity index (χ0n) is 18.1. The monoisotopic (exact) mass is 489 g/mol. The highest BCUT2D eigenvalue weighted by Crippen LogP contribution is 2.28. The third-order valence-corrected chi connectivity index (χ3v) is 6.46. The van der Waals surface area contributed by atoms with E-state index in [0.717, 1.165) is 11.8 Å². The Hall–Kier alpha value is -3.57. The highest BCUT2D eigenvalue weighted by atomic mass is 32.2. The molecule has 3 aromatic carbocycles. The molecule has 0 heterocycles. The highest BCUT2D eigenvalue weighted by Gasteiger charge is 2.17. The van der Waals surface area contributed by atoms with Crippen LogP contribution in [0.15, 0.2) is 71.6 Å².